The van der Waals surface area contributed by atoms with E-state index in [1.807, 2.05) is 6.07 Å². The molecule has 2 aromatic heterocycles. The molecule has 1 fully saturated rings. The van der Waals surface area contributed by atoms with E-state index in [1.165, 1.54) is 17.8 Å². The summed E-state index contributed by atoms with van der Waals surface area (Å²) in [6.45, 7) is 1.25. The Bertz CT molecular complexity index is 798. The van der Waals surface area contributed by atoms with Crippen LogP contribution in [0.15, 0.2) is 18.5 Å². The van der Waals surface area contributed by atoms with Crippen LogP contribution >= 0.6 is 0 Å². The minimum atomic E-state index is -1.61. The number of fused-ring (bicyclic) bond motifs is 1. The molecule has 0 aromatic carbocycles. The van der Waals surface area contributed by atoms with Crippen molar-refractivity contribution in [2.75, 3.05) is 12.3 Å². The van der Waals surface area contributed by atoms with E-state index in [0.29, 0.717) is 11.2 Å². The molecule has 1 aliphatic rings. The van der Waals surface area contributed by atoms with E-state index >= 15 is 0 Å². The number of rotatable bonds is 3. The van der Waals surface area contributed by atoms with Gasteiger partial charge >= 0.3 is 5.97 Å². The third-order valence-corrected chi connectivity index (χ3v) is 3.81. The molecule has 0 bridgehead atoms. The molecule has 120 valence electrons. The van der Waals surface area contributed by atoms with Crippen LogP contribution in [0.3, 0.4) is 0 Å². The second-order valence-electron chi connectivity index (χ2n) is 5.30. The van der Waals surface area contributed by atoms with Gasteiger partial charge in [-0.1, -0.05) is 0 Å². The largest absolute Gasteiger partial charge is 0.463 e. The van der Waals surface area contributed by atoms with E-state index in [-0.39, 0.29) is 18.8 Å². The van der Waals surface area contributed by atoms with Gasteiger partial charge in [0.05, 0.1) is 11.8 Å². The van der Waals surface area contributed by atoms with Crippen molar-refractivity contribution in [2.24, 2.45) is 0 Å². The SMILES string of the molecule is CC(=O)OC[C@@H]1C[C@@H](O)[C@](C#N)(c2ccc3c(N)ncnn23)O1. The van der Waals surface area contributed by atoms with Gasteiger partial charge in [-0.3, -0.25) is 4.79 Å². The number of nitrogens with zero attached hydrogens (tertiary/aromatic N) is 4. The number of nitriles is 1. The zero-order valence-corrected chi connectivity index (χ0v) is 12.3. The molecule has 1 aliphatic heterocycles. The van der Waals surface area contributed by atoms with Crippen LogP contribution in [0.2, 0.25) is 0 Å². The van der Waals surface area contributed by atoms with E-state index < -0.39 is 23.8 Å². The van der Waals surface area contributed by atoms with Crippen LogP contribution in [0.1, 0.15) is 19.0 Å². The maximum Gasteiger partial charge on any atom is 0.302 e. The minimum absolute atomic E-state index is 0.0315. The van der Waals surface area contributed by atoms with Crippen LogP contribution in [-0.4, -0.2) is 44.5 Å². The molecular formula is C14H15N5O4. The summed E-state index contributed by atoms with van der Waals surface area (Å²) in [7, 11) is 0. The van der Waals surface area contributed by atoms with E-state index in [9.17, 15) is 15.2 Å². The Morgan fingerprint density at radius 2 is 2.48 bits per heavy atom. The average Bonchev–Trinajstić information content (AvgIpc) is 3.08. The first-order valence-corrected chi connectivity index (χ1v) is 6.97. The third-order valence-electron chi connectivity index (χ3n) is 3.81. The number of aliphatic hydroxyl groups excluding tert-OH is 1. The van der Waals surface area contributed by atoms with Gasteiger partial charge in [0, 0.05) is 13.3 Å². The van der Waals surface area contributed by atoms with Crippen molar-refractivity contribution in [1.29, 1.82) is 5.26 Å². The van der Waals surface area contributed by atoms with E-state index in [2.05, 4.69) is 10.1 Å². The number of ether oxygens (including phenoxy) is 2. The second kappa shape index (κ2) is 5.49. The van der Waals surface area contributed by atoms with Crippen molar-refractivity contribution in [2.45, 2.75) is 31.2 Å². The lowest BCUT2D eigenvalue weighted by molar-refractivity contribution is -0.146. The number of carbonyl (C=O) groups is 1. The minimum Gasteiger partial charge on any atom is -0.463 e. The molecule has 3 atom stereocenters. The van der Waals surface area contributed by atoms with Crippen LogP contribution in [0.4, 0.5) is 5.82 Å². The van der Waals surface area contributed by atoms with E-state index in [0.717, 1.165) is 0 Å². The van der Waals surface area contributed by atoms with Crippen molar-refractivity contribution < 1.29 is 19.4 Å². The first-order chi connectivity index (χ1) is 11.0. The molecule has 0 spiro atoms. The van der Waals surface area contributed by atoms with Gasteiger partial charge in [-0.05, 0) is 12.1 Å². The number of aromatic nitrogens is 3. The predicted octanol–water partition coefficient (Wildman–Crippen LogP) is -0.257. The Balaban J connectivity index is 1.99. The molecule has 3 rings (SSSR count). The Labute approximate surface area is 131 Å². The van der Waals surface area contributed by atoms with Crippen molar-refractivity contribution in [3.8, 4) is 6.07 Å². The highest BCUT2D eigenvalue weighted by Crippen LogP contribution is 2.40. The summed E-state index contributed by atoms with van der Waals surface area (Å²) in [6.07, 6.45) is -0.260. The summed E-state index contributed by atoms with van der Waals surface area (Å²) in [6, 6.07) is 5.29. The highest BCUT2D eigenvalue weighted by molar-refractivity contribution is 5.66. The smallest absolute Gasteiger partial charge is 0.302 e. The van der Waals surface area contributed by atoms with Crippen molar-refractivity contribution in [3.63, 3.8) is 0 Å². The van der Waals surface area contributed by atoms with Crippen molar-refractivity contribution >= 4 is 17.3 Å². The number of aliphatic hydroxyl groups is 1. The first kappa shape index (κ1) is 15.2. The molecule has 0 amide bonds. The summed E-state index contributed by atoms with van der Waals surface area (Å²) in [5.74, 6) is -0.200. The quantitative estimate of drug-likeness (QED) is 0.739. The Kier molecular flexibility index (Phi) is 3.63. The summed E-state index contributed by atoms with van der Waals surface area (Å²) >= 11 is 0. The van der Waals surface area contributed by atoms with Crippen LogP contribution in [0, 0.1) is 11.3 Å². The molecule has 0 aliphatic carbocycles. The molecule has 2 aromatic rings. The Hall–Kier alpha value is -2.70. The molecule has 9 nitrogen and oxygen atoms in total. The van der Waals surface area contributed by atoms with Crippen LogP contribution in [-0.2, 0) is 19.9 Å². The number of nitrogens with two attached hydrogens (primary N) is 1. The van der Waals surface area contributed by atoms with Crippen molar-refractivity contribution in [1.82, 2.24) is 14.6 Å². The molecule has 0 radical (unpaired) electrons. The summed E-state index contributed by atoms with van der Waals surface area (Å²) in [4.78, 5) is 14.8. The fourth-order valence-electron chi connectivity index (χ4n) is 2.74. The first-order valence-electron chi connectivity index (χ1n) is 6.97. The standard InChI is InChI=1S/C14H15N5O4/c1-8(20)22-5-9-4-12(21)14(6-15,23-9)11-3-2-10-13(16)17-7-18-19(10)11/h2-3,7,9,12,21H,4-5H2,1H3,(H2,16,17,18)/t9-,12+,14-/m0/s1. The monoisotopic (exact) mass is 317 g/mol. The van der Waals surface area contributed by atoms with Gasteiger partial charge in [-0.15, -0.1) is 0 Å². The zero-order valence-electron chi connectivity index (χ0n) is 12.3. The number of anilines is 1. The lowest BCUT2D eigenvalue weighted by Crippen LogP contribution is -2.36. The van der Waals surface area contributed by atoms with Crippen LogP contribution in [0.25, 0.3) is 5.52 Å². The topological polar surface area (TPSA) is 136 Å². The molecule has 0 saturated carbocycles. The second-order valence-corrected chi connectivity index (χ2v) is 5.30. The summed E-state index contributed by atoms with van der Waals surface area (Å²) in [5.41, 5.74) is 5.03. The molecule has 1 saturated heterocycles. The Morgan fingerprint density at radius 3 is 3.17 bits per heavy atom. The number of hydrogen-bond acceptors (Lipinski definition) is 8. The molecule has 3 heterocycles. The summed E-state index contributed by atoms with van der Waals surface area (Å²) in [5, 5.41) is 24.1. The van der Waals surface area contributed by atoms with Gasteiger partial charge in [0.25, 0.3) is 0 Å². The van der Waals surface area contributed by atoms with Crippen molar-refractivity contribution in [3.05, 3.63) is 24.2 Å². The summed E-state index contributed by atoms with van der Waals surface area (Å²) < 4.78 is 12.1. The van der Waals surface area contributed by atoms with Gasteiger partial charge in [-0.2, -0.15) is 10.4 Å². The Morgan fingerprint density at radius 1 is 1.70 bits per heavy atom. The van der Waals surface area contributed by atoms with Crippen LogP contribution < -0.4 is 5.73 Å². The lowest BCUT2D eigenvalue weighted by atomic mass is 9.94. The predicted molar refractivity (Wildman–Crippen MR) is 76.8 cm³/mol. The van der Waals surface area contributed by atoms with E-state index in [1.54, 1.807) is 12.1 Å². The highest BCUT2D eigenvalue weighted by atomic mass is 16.6. The van der Waals surface area contributed by atoms with Gasteiger partial charge in [0.2, 0.25) is 5.60 Å². The number of nitrogen functional groups attached to an aromatic ring is 1. The normalized spacial score (nSPS) is 27.0. The molecule has 3 N–H and O–H groups in total. The molecule has 23 heavy (non-hydrogen) atoms. The highest BCUT2D eigenvalue weighted by Gasteiger charge is 2.52. The number of hydrogen-bond donors (Lipinski definition) is 2. The maximum absolute atomic E-state index is 10.9. The van der Waals surface area contributed by atoms with Gasteiger partial charge in [0.1, 0.15) is 30.6 Å². The van der Waals surface area contributed by atoms with Gasteiger partial charge in [-0.25, -0.2) is 9.50 Å². The van der Waals surface area contributed by atoms with E-state index in [4.69, 9.17) is 15.2 Å². The molecule has 0 unspecified atom stereocenters. The van der Waals surface area contributed by atoms with Gasteiger partial charge in [0.15, 0.2) is 5.82 Å². The number of esters is 1. The van der Waals surface area contributed by atoms with Gasteiger partial charge < -0.3 is 20.3 Å². The number of carbonyl (C=O) groups excluding carboxylic acids is 1. The molecule has 9 heteroatoms. The maximum atomic E-state index is 10.9. The average molecular weight is 317 g/mol. The zero-order chi connectivity index (χ0) is 16.6. The fraction of sp³-hybridized carbons (Fsp3) is 0.429. The van der Waals surface area contributed by atoms with Crippen LogP contribution in [0.5, 0.6) is 0 Å². The molecular weight excluding hydrogens is 302 g/mol. The lowest BCUT2D eigenvalue weighted by Gasteiger charge is -2.24. The third kappa shape index (κ3) is 2.38. The fourth-order valence-corrected chi connectivity index (χ4v) is 2.74.